The summed E-state index contributed by atoms with van der Waals surface area (Å²) in [6, 6.07) is 6.55. The number of hydrogen-bond donors (Lipinski definition) is 0. The molecule has 5 nitrogen and oxygen atoms in total. The minimum Gasteiger partial charge on any atom is -0.304 e. The van der Waals surface area contributed by atoms with Gasteiger partial charge in [0.2, 0.25) is 5.91 Å². The SMILES string of the molecule is CN1CCN([C@@H]2CC(=O)N(c3cccc(Cl)c3)C2=O)CC1. The largest absolute Gasteiger partial charge is 0.304 e. The van der Waals surface area contributed by atoms with Crippen molar-refractivity contribution < 1.29 is 9.59 Å². The van der Waals surface area contributed by atoms with E-state index < -0.39 is 0 Å². The van der Waals surface area contributed by atoms with Crippen molar-refractivity contribution in [3.05, 3.63) is 29.3 Å². The summed E-state index contributed by atoms with van der Waals surface area (Å²) >= 11 is 5.95. The third-order valence-electron chi connectivity index (χ3n) is 4.17. The lowest BCUT2D eigenvalue weighted by molar-refractivity contribution is -0.123. The first-order valence-corrected chi connectivity index (χ1v) is 7.49. The molecule has 0 spiro atoms. The fourth-order valence-corrected chi connectivity index (χ4v) is 3.11. The van der Waals surface area contributed by atoms with Gasteiger partial charge in [-0.15, -0.1) is 0 Å². The second kappa shape index (κ2) is 5.75. The van der Waals surface area contributed by atoms with Crippen LogP contribution in [0.2, 0.25) is 5.02 Å². The Morgan fingerprint density at radius 1 is 1.14 bits per heavy atom. The fraction of sp³-hybridized carbons (Fsp3) is 0.467. The Morgan fingerprint density at radius 3 is 2.52 bits per heavy atom. The summed E-state index contributed by atoms with van der Waals surface area (Å²) in [5.41, 5.74) is 0.564. The average molecular weight is 308 g/mol. The van der Waals surface area contributed by atoms with Crippen LogP contribution in [0.3, 0.4) is 0 Å². The van der Waals surface area contributed by atoms with Crippen molar-refractivity contribution in [2.24, 2.45) is 0 Å². The van der Waals surface area contributed by atoms with E-state index in [4.69, 9.17) is 11.6 Å². The molecule has 1 aromatic carbocycles. The van der Waals surface area contributed by atoms with Crippen molar-refractivity contribution >= 4 is 29.1 Å². The van der Waals surface area contributed by atoms with Gasteiger partial charge in [0.15, 0.2) is 0 Å². The zero-order valence-electron chi connectivity index (χ0n) is 12.0. The first kappa shape index (κ1) is 14.5. The van der Waals surface area contributed by atoms with Crippen molar-refractivity contribution in [1.29, 1.82) is 0 Å². The van der Waals surface area contributed by atoms with E-state index in [1.807, 2.05) is 0 Å². The highest BCUT2D eigenvalue weighted by Gasteiger charge is 2.43. The Balaban J connectivity index is 1.79. The van der Waals surface area contributed by atoms with Crippen LogP contribution in [-0.4, -0.2) is 60.9 Å². The van der Waals surface area contributed by atoms with E-state index >= 15 is 0 Å². The molecule has 2 fully saturated rings. The third kappa shape index (κ3) is 2.81. The van der Waals surface area contributed by atoms with Gasteiger partial charge < -0.3 is 4.90 Å². The van der Waals surface area contributed by atoms with Crippen LogP contribution in [0.1, 0.15) is 6.42 Å². The van der Waals surface area contributed by atoms with E-state index in [1.165, 1.54) is 4.90 Å². The maximum Gasteiger partial charge on any atom is 0.251 e. The van der Waals surface area contributed by atoms with Crippen LogP contribution in [0, 0.1) is 0 Å². The molecule has 3 rings (SSSR count). The minimum atomic E-state index is -0.329. The van der Waals surface area contributed by atoms with Crippen molar-refractivity contribution in [1.82, 2.24) is 9.80 Å². The lowest BCUT2D eigenvalue weighted by atomic mass is 10.2. The standard InChI is InChI=1S/C15H18ClN3O2/c1-17-5-7-18(8-6-17)13-10-14(20)19(15(13)21)12-4-2-3-11(16)9-12/h2-4,9,13H,5-8,10H2,1H3/t13-/m1/s1. The predicted molar refractivity (Wildman–Crippen MR) is 81.4 cm³/mol. The summed E-state index contributed by atoms with van der Waals surface area (Å²) in [7, 11) is 2.07. The van der Waals surface area contributed by atoms with Crippen LogP contribution >= 0.6 is 11.6 Å². The van der Waals surface area contributed by atoms with Gasteiger partial charge in [-0.3, -0.25) is 14.5 Å². The number of piperazine rings is 1. The lowest BCUT2D eigenvalue weighted by Gasteiger charge is -2.35. The number of anilines is 1. The van der Waals surface area contributed by atoms with E-state index in [0.29, 0.717) is 10.7 Å². The summed E-state index contributed by atoms with van der Waals surface area (Å²) in [6.07, 6.45) is 0.259. The van der Waals surface area contributed by atoms with Gasteiger partial charge in [0, 0.05) is 31.2 Å². The van der Waals surface area contributed by atoms with Gasteiger partial charge in [0.1, 0.15) is 0 Å². The number of hydrogen-bond acceptors (Lipinski definition) is 4. The maximum absolute atomic E-state index is 12.6. The molecule has 1 atom stereocenters. The second-order valence-corrected chi connectivity index (χ2v) is 6.04. The summed E-state index contributed by atoms with van der Waals surface area (Å²) in [5.74, 6) is -0.280. The number of likely N-dealkylation sites (N-methyl/N-ethyl adjacent to an activating group) is 1. The highest BCUT2D eigenvalue weighted by atomic mass is 35.5. The summed E-state index contributed by atoms with van der Waals surface area (Å²) in [4.78, 5) is 30.5. The number of carbonyl (C=O) groups is 2. The molecule has 6 heteroatoms. The molecule has 0 aromatic heterocycles. The number of carbonyl (C=O) groups excluding carboxylic acids is 2. The first-order valence-electron chi connectivity index (χ1n) is 7.11. The van der Waals surface area contributed by atoms with Crippen LogP contribution in [0.25, 0.3) is 0 Å². The quantitative estimate of drug-likeness (QED) is 0.771. The normalized spacial score (nSPS) is 24.9. The number of halogens is 1. The molecule has 2 aliphatic rings. The van der Waals surface area contributed by atoms with E-state index in [1.54, 1.807) is 24.3 Å². The van der Waals surface area contributed by atoms with E-state index in [2.05, 4.69) is 16.8 Å². The zero-order chi connectivity index (χ0) is 15.0. The van der Waals surface area contributed by atoms with Crippen LogP contribution in [0.5, 0.6) is 0 Å². The Morgan fingerprint density at radius 2 is 1.86 bits per heavy atom. The number of benzene rings is 1. The Hall–Kier alpha value is -1.43. The van der Waals surface area contributed by atoms with Gasteiger partial charge in [0.25, 0.3) is 5.91 Å². The van der Waals surface area contributed by atoms with Crippen molar-refractivity contribution in [3.63, 3.8) is 0 Å². The molecule has 2 heterocycles. The van der Waals surface area contributed by atoms with Crippen molar-refractivity contribution in [2.75, 3.05) is 38.1 Å². The molecule has 112 valence electrons. The van der Waals surface area contributed by atoms with Crippen LogP contribution < -0.4 is 4.90 Å². The molecule has 0 bridgehead atoms. The molecule has 0 unspecified atom stereocenters. The van der Waals surface area contributed by atoms with Crippen molar-refractivity contribution in [2.45, 2.75) is 12.5 Å². The molecule has 2 amide bonds. The predicted octanol–water partition coefficient (Wildman–Crippen LogP) is 1.22. The van der Waals surface area contributed by atoms with Crippen LogP contribution in [0.15, 0.2) is 24.3 Å². The monoisotopic (exact) mass is 307 g/mol. The Bertz CT molecular complexity index is 570. The van der Waals surface area contributed by atoms with E-state index in [0.717, 1.165) is 26.2 Å². The van der Waals surface area contributed by atoms with Gasteiger partial charge in [-0.25, -0.2) is 4.90 Å². The topological polar surface area (TPSA) is 43.9 Å². The molecular formula is C15H18ClN3O2. The average Bonchev–Trinajstić information content (AvgIpc) is 2.75. The molecule has 21 heavy (non-hydrogen) atoms. The summed E-state index contributed by atoms with van der Waals surface area (Å²) in [6.45, 7) is 3.50. The van der Waals surface area contributed by atoms with E-state index in [-0.39, 0.29) is 24.3 Å². The van der Waals surface area contributed by atoms with Gasteiger partial charge in [0.05, 0.1) is 18.2 Å². The van der Waals surface area contributed by atoms with Gasteiger partial charge in [-0.1, -0.05) is 17.7 Å². The number of amides is 2. The van der Waals surface area contributed by atoms with Gasteiger partial charge in [-0.05, 0) is 25.2 Å². The number of nitrogens with zero attached hydrogens (tertiary/aromatic N) is 3. The number of imide groups is 1. The molecule has 0 radical (unpaired) electrons. The summed E-state index contributed by atoms with van der Waals surface area (Å²) in [5, 5.41) is 0.524. The smallest absolute Gasteiger partial charge is 0.251 e. The third-order valence-corrected chi connectivity index (χ3v) is 4.40. The molecule has 0 saturated carbocycles. The van der Waals surface area contributed by atoms with Crippen LogP contribution in [-0.2, 0) is 9.59 Å². The highest BCUT2D eigenvalue weighted by Crippen LogP contribution is 2.27. The molecule has 2 aliphatic heterocycles. The Kier molecular flexibility index (Phi) is 3.97. The van der Waals surface area contributed by atoms with E-state index in [9.17, 15) is 9.59 Å². The summed E-state index contributed by atoms with van der Waals surface area (Å²) < 4.78 is 0. The molecular weight excluding hydrogens is 290 g/mol. The molecule has 2 saturated heterocycles. The second-order valence-electron chi connectivity index (χ2n) is 5.61. The van der Waals surface area contributed by atoms with Crippen LogP contribution in [0.4, 0.5) is 5.69 Å². The first-order chi connectivity index (χ1) is 10.1. The van der Waals surface area contributed by atoms with Gasteiger partial charge in [-0.2, -0.15) is 0 Å². The maximum atomic E-state index is 12.6. The zero-order valence-corrected chi connectivity index (χ0v) is 12.7. The number of rotatable bonds is 2. The minimum absolute atomic E-state index is 0.133. The molecule has 0 aliphatic carbocycles. The Labute approximate surface area is 129 Å². The molecule has 0 N–H and O–H groups in total. The van der Waals surface area contributed by atoms with Gasteiger partial charge >= 0.3 is 0 Å². The highest BCUT2D eigenvalue weighted by molar-refractivity contribution is 6.31. The van der Waals surface area contributed by atoms with Crippen molar-refractivity contribution in [3.8, 4) is 0 Å². The molecule has 1 aromatic rings. The lowest BCUT2D eigenvalue weighted by Crippen LogP contribution is -2.51. The fourth-order valence-electron chi connectivity index (χ4n) is 2.92.